The Morgan fingerprint density at radius 2 is 1.78 bits per heavy atom. The van der Waals surface area contributed by atoms with Crippen LogP contribution in [0.15, 0.2) is 48.5 Å². The lowest BCUT2D eigenvalue weighted by molar-refractivity contribution is -0.140. The highest BCUT2D eigenvalue weighted by Crippen LogP contribution is 2.24. The Kier molecular flexibility index (Phi) is 10.8. The van der Waals surface area contributed by atoms with Crippen LogP contribution in [0.1, 0.15) is 51.2 Å². The van der Waals surface area contributed by atoms with Crippen molar-refractivity contribution in [2.75, 3.05) is 24.2 Å². The predicted molar refractivity (Wildman–Crippen MR) is 144 cm³/mol. The molecule has 1 N–H and O–H groups in total. The number of sulfonamides is 1. The van der Waals surface area contributed by atoms with Crippen molar-refractivity contribution in [2.24, 2.45) is 0 Å². The first-order valence-corrected chi connectivity index (χ1v) is 14.1. The van der Waals surface area contributed by atoms with Gasteiger partial charge in [0, 0.05) is 31.6 Å². The molecule has 0 saturated carbocycles. The lowest BCUT2D eigenvalue weighted by Crippen LogP contribution is -2.49. The van der Waals surface area contributed by atoms with E-state index in [1.807, 2.05) is 45.0 Å². The van der Waals surface area contributed by atoms with Gasteiger partial charge in [-0.25, -0.2) is 8.42 Å². The molecule has 0 saturated heterocycles. The zero-order valence-electron chi connectivity index (χ0n) is 22.2. The van der Waals surface area contributed by atoms with E-state index in [-0.39, 0.29) is 30.8 Å². The molecule has 8 nitrogen and oxygen atoms in total. The third-order valence-corrected chi connectivity index (χ3v) is 7.29. The number of anilines is 1. The molecule has 0 aliphatic rings. The second kappa shape index (κ2) is 13.3. The minimum Gasteiger partial charge on any atom is -0.497 e. The Hall–Kier alpha value is -3.07. The number of carbonyl (C=O) groups is 2. The molecule has 0 radical (unpaired) electrons. The zero-order chi connectivity index (χ0) is 26.9. The van der Waals surface area contributed by atoms with Crippen molar-refractivity contribution in [2.45, 2.75) is 65.6 Å². The van der Waals surface area contributed by atoms with Crippen LogP contribution < -0.4 is 14.4 Å². The van der Waals surface area contributed by atoms with Gasteiger partial charge in [0.2, 0.25) is 21.8 Å². The molecule has 0 fully saturated rings. The number of nitrogens with one attached hydrogen (secondary N) is 1. The van der Waals surface area contributed by atoms with Crippen LogP contribution in [0.5, 0.6) is 5.75 Å². The van der Waals surface area contributed by atoms with Gasteiger partial charge < -0.3 is 15.0 Å². The molecule has 0 bridgehead atoms. The summed E-state index contributed by atoms with van der Waals surface area (Å²) in [6, 6.07) is 14.0. The first-order chi connectivity index (χ1) is 17.0. The molecule has 0 unspecified atom stereocenters. The van der Waals surface area contributed by atoms with E-state index < -0.39 is 16.1 Å². The second-order valence-electron chi connectivity index (χ2n) is 9.14. The van der Waals surface area contributed by atoms with Crippen molar-refractivity contribution in [3.05, 3.63) is 59.7 Å². The average molecular weight is 518 g/mol. The maximum Gasteiger partial charge on any atom is 0.242 e. The van der Waals surface area contributed by atoms with Crippen LogP contribution in [0.4, 0.5) is 5.69 Å². The Morgan fingerprint density at radius 3 is 2.39 bits per heavy atom. The largest absolute Gasteiger partial charge is 0.497 e. The van der Waals surface area contributed by atoms with Gasteiger partial charge in [0.15, 0.2) is 0 Å². The van der Waals surface area contributed by atoms with Crippen LogP contribution in [0.2, 0.25) is 0 Å². The number of ether oxygens (including phenoxy) is 1. The quantitative estimate of drug-likeness (QED) is 0.435. The maximum absolute atomic E-state index is 13.4. The van der Waals surface area contributed by atoms with E-state index in [2.05, 4.69) is 5.32 Å². The molecular formula is C27H39N3O5S. The SMILES string of the molecule is CC[C@H](C)NC(=O)[C@@H](C)N(Cc1cccc(C)c1)C(=O)CCCN(c1cccc(OC)c1)S(C)(=O)=O. The predicted octanol–water partition coefficient (Wildman–Crippen LogP) is 3.88. The topological polar surface area (TPSA) is 96.0 Å². The lowest BCUT2D eigenvalue weighted by atomic mass is 10.1. The molecule has 0 aliphatic carbocycles. The van der Waals surface area contributed by atoms with Gasteiger partial charge in [-0.1, -0.05) is 42.8 Å². The molecule has 2 atom stereocenters. The minimum absolute atomic E-state index is 0.00190. The lowest BCUT2D eigenvalue weighted by Gasteiger charge is -2.30. The Bertz CT molecular complexity index is 1140. The van der Waals surface area contributed by atoms with Gasteiger partial charge in [-0.3, -0.25) is 13.9 Å². The van der Waals surface area contributed by atoms with Crippen LogP contribution >= 0.6 is 0 Å². The fourth-order valence-corrected chi connectivity index (χ4v) is 4.78. The zero-order valence-corrected chi connectivity index (χ0v) is 23.0. The number of methoxy groups -OCH3 is 1. The van der Waals surface area contributed by atoms with Gasteiger partial charge in [0.1, 0.15) is 11.8 Å². The van der Waals surface area contributed by atoms with Gasteiger partial charge in [0.25, 0.3) is 0 Å². The van der Waals surface area contributed by atoms with Crippen LogP contribution in [0, 0.1) is 6.92 Å². The number of amides is 2. The maximum atomic E-state index is 13.4. The summed E-state index contributed by atoms with van der Waals surface area (Å²) in [6.45, 7) is 8.04. The summed E-state index contributed by atoms with van der Waals surface area (Å²) in [4.78, 5) is 27.8. The van der Waals surface area contributed by atoms with E-state index in [1.165, 1.54) is 11.4 Å². The Balaban J connectivity index is 2.18. The molecule has 2 aromatic carbocycles. The van der Waals surface area contributed by atoms with E-state index in [1.54, 1.807) is 36.1 Å². The second-order valence-corrected chi connectivity index (χ2v) is 11.1. The highest BCUT2D eigenvalue weighted by molar-refractivity contribution is 7.92. The molecule has 9 heteroatoms. The summed E-state index contributed by atoms with van der Waals surface area (Å²) < 4.78 is 31.5. The number of hydrogen-bond donors (Lipinski definition) is 1. The van der Waals surface area contributed by atoms with Gasteiger partial charge in [0.05, 0.1) is 19.1 Å². The number of nitrogens with zero attached hydrogens (tertiary/aromatic N) is 2. The smallest absolute Gasteiger partial charge is 0.242 e. The molecule has 0 aliphatic heterocycles. The van der Waals surface area contributed by atoms with E-state index in [9.17, 15) is 18.0 Å². The standard InChI is InChI=1S/C27H39N3O5S/c1-7-21(3)28-27(32)22(4)29(19-23-12-8-11-20(2)17-23)26(31)15-10-16-30(36(6,33)34)24-13-9-14-25(18-24)35-5/h8-9,11-14,17-18,21-22H,7,10,15-16,19H2,1-6H3,(H,28,32)/t21-,22+/m0/s1. The third kappa shape index (κ3) is 8.55. The number of aryl methyl sites for hydroxylation is 1. The van der Waals surface area contributed by atoms with E-state index >= 15 is 0 Å². The van der Waals surface area contributed by atoms with Gasteiger partial charge in [-0.05, 0) is 51.3 Å². The fourth-order valence-electron chi connectivity index (χ4n) is 3.82. The molecule has 0 spiro atoms. The first kappa shape index (κ1) is 29.2. The van der Waals surface area contributed by atoms with E-state index in [0.29, 0.717) is 24.4 Å². The minimum atomic E-state index is -3.57. The average Bonchev–Trinajstić information content (AvgIpc) is 2.83. The number of rotatable bonds is 13. The third-order valence-electron chi connectivity index (χ3n) is 6.10. The van der Waals surface area contributed by atoms with Crippen LogP contribution in [-0.2, 0) is 26.2 Å². The van der Waals surface area contributed by atoms with Crippen molar-refractivity contribution < 1.29 is 22.7 Å². The van der Waals surface area contributed by atoms with Crippen molar-refractivity contribution >= 4 is 27.5 Å². The summed E-state index contributed by atoms with van der Waals surface area (Å²) in [5, 5.41) is 2.96. The Morgan fingerprint density at radius 1 is 1.08 bits per heavy atom. The van der Waals surface area contributed by atoms with Gasteiger partial charge >= 0.3 is 0 Å². The molecule has 0 aromatic heterocycles. The number of hydrogen-bond acceptors (Lipinski definition) is 5. The first-order valence-electron chi connectivity index (χ1n) is 12.2. The van der Waals surface area contributed by atoms with Gasteiger partial charge in [-0.15, -0.1) is 0 Å². The highest BCUT2D eigenvalue weighted by Gasteiger charge is 2.27. The van der Waals surface area contributed by atoms with Crippen molar-refractivity contribution in [1.29, 1.82) is 0 Å². The summed E-state index contributed by atoms with van der Waals surface area (Å²) >= 11 is 0. The molecule has 2 amide bonds. The monoisotopic (exact) mass is 517 g/mol. The van der Waals surface area contributed by atoms with Crippen molar-refractivity contribution in [3.8, 4) is 5.75 Å². The summed E-state index contributed by atoms with van der Waals surface area (Å²) in [5.41, 5.74) is 2.47. The van der Waals surface area contributed by atoms with E-state index in [4.69, 9.17) is 4.74 Å². The Labute approximate surface area is 215 Å². The summed E-state index contributed by atoms with van der Waals surface area (Å²) in [5.74, 6) is 0.129. The molecule has 36 heavy (non-hydrogen) atoms. The van der Waals surface area contributed by atoms with Crippen LogP contribution in [0.25, 0.3) is 0 Å². The van der Waals surface area contributed by atoms with Gasteiger partial charge in [-0.2, -0.15) is 0 Å². The normalized spacial score (nSPS) is 12.9. The highest BCUT2D eigenvalue weighted by atomic mass is 32.2. The molecule has 0 heterocycles. The summed E-state index contributed by atoms with van der Waals surface area (Å²) in [7, 11) is -2.05. The molecule has 2 rings (SSSR count). The van der Waals surface area contributed by atoms with Crippen molar-refractivity contribution in [1.82, 2.24) is 10.2 Å². The number of carbonyl (C=O) groups excluding carboxylic acids is 2. The fraction of sp³-hybridized carbons (Fsp3) is 0.481. The van der Waals surface area contributed by atoms with Crippen LogP contribution in [-0.4, -0.2) is 57.1 Å². The molecule has 2 aromatic rings. The summed E-state index contributed by atoms with van der Waals surface area (Å²) in [6.07, 6.45) is 2.32. The molecule has 198 valence electrons. The molecular weight excluding hydrogens is 478 g/mol. The van der Waals surface area contributed by atoms with Crippen molar-refractivity contribution in [3.63, 3.8) is 0 Å². The number of benzene rings is 2. The van der Waals surface area contributed by atoms with E-state index in [0.717, 1.165) is 23.8 Å². The van der Waals surface area contributed by atoms with Crippen LogP contribution in [0.3, 0.4) is 0 Å².